The van der Waals surface area contributed by atoms with E-state index in [1.807, 2.05) is 0 Å². The number of ether oxygens (including phenoxy) is 1. The van der Waals surface area contributed by atoms with Crippen LogP contribution in [0.3, 0.4) is 0 Å². The summed E-state index contributed by atoms with van der Waals surface area (Å²) >= 11 is 15.6. The Balaban J connectivity index is 2.52. The monoisotopic (exact) mass is 394 g/mol. The van der Waals surface area contributed by atoms with Gasteiger partial charge in [0.25, 0.3) is 0 Å². The largest absolute Gasteiger partial charge is 0.495 e. The molecule has 0 aliphatic carbocycles. The molecule has 0 fully saturated rings. The first-order valence-electron chi connectivity index (χ1n) is 5.97. The van der Waals surface area contributed by atoms with Crippen LogP contribution in [0.5, 0.6) is 5.75 Å². The molecule has 1 nitrogen and oxygen atoms in total. The van der Waals surface area contributed by atoms with Gasteiger partial charge in [-0.2, -0.15) is 0 Å². The summed E-state index contributed by atoms with van der Waals surface area (Å²) in [5.41, 5.74) is 1.22. The van der Waals surface area contributed by atoms with E-state index < -0.39 is 16.5 Å². The van der Waals surface area contributed by atoms with Gasteiger partial charge in [0.1, 0.15) is 17.4 Å². The van der Waals surface area contributed by atoms with Gasteiger partial charge in [0, 0.05) is 22.7 Å². The van der Waals surface area contributed by atoms with Crippen molar-refractivity contribution in [3.63, 3.8) is 0 Å². The van der Waals surface area contributed by atoms with E-state index in [4.69, 9.17) is 27.9 Å². The van der Waals surface area contributed by atoms with Crippen molar-refractivity contribution < 1.29 is 13.5 Å². The molecule has 0 aromatic heterocycles. The van der Waals surface area contributed by atoms with Crippen molar-refractivity contribution in [2.24, 2.45) is 0 Å². The Hall–Kier alpha value is -0.840. The predicted molar refractivity (Wildman–Crippen MR) is 84.9 cm³/mol. The molecule has 0 N–H and O–H groups in total. The molecule has 0 aliphatic heterocycles. The standard InChI is InChI=1S/C15H11BrCl2F2O/c1-7-3-9(13(20)6-12(7)19)15(16)8-4-11(18)14(21-2)5-10(8)17/h3-6,15H,1-2H3. The molecule has 0 saturated heterocycles. The summed E-state index contributed by atoms with van der Waals surface area (Å²) in [6.07, 6.45) is 0. The minimum Gasteiger partial charge on any atom is -0.495 e. The zero-order valence-electron chi connectivity index (χ0n) is 11.2. The second-order valence-electron chi connectivity index (χ2n) is 4.49. The number of benzene rings is 2. The van der Waals surface area contributed by atoms with Crippen LogP contribution in [-0.4, -0.2) is 7.11 Å². The number of hydrogen-bond acceptors (Lipinski definition) is 1. The minimum atomic E-state index is -0.650. The highest BCUT2D eigenvalue weighted by atomic mass is 79.9. The lowest BCUT2D eigenvalue weighted by Gasteiger charge is -2.16. The lowest BCUT2D eigenvalue weighted by Crippen LogP contribution is -2.01. The van der Waals surface area contributed by atoms with E-state index in [0.717, 1.165) is 6.07 Å². The van der Waals surface area contributed by atoms with Gasteiger partial charge < -0.3 is 4.74 Å². The maximum atomic E-state index is 14.0. The van der Waals surface area contributed by atoms with Gasteiger partial charge in [-0.25, -0.2) is 8.78 Å². The molecule has 0 bridgehead atoms. The Kier molecular flexibility index (Phi) is 5.12. The molecule has 1 unspecified atom stereocenters. The van der Waals surface area contributed by atoms with Crippen molar-refractivity contribution in [1.82, 2.24) is 0 Å². The summed E-state index contributed by atoms with van der Waals surface area (Å²) in [7, 11) is 1.48. The van der Waals surface area contributed by atoms with Crippen molar-refractivity contribution >= 4 is 39.1 Å². The molecule has 0 aliphatic rings. The van der Waals surface area contributed by atoms with Gasteiger partial charge in [0.2, 0.25) is 0 Å². The average Bonchev–Trinajstić information content (AvgIpc) is 2.44. The molecular formula is C15H11BrCl2F2O. The summed E-state index contributed by atoms with van der Waals surface area (Å²) in [6, 6.07) is 5.46. The highest BCUT2D eigenvalue weighted by Gasteiger charge is 2.21. The minimum absolute atomic E-state index is 0.289. The Morgan fingerprint density at radius 2 is 1.67 bits per heavy atom. The molecule has 0 heterocycles. The Bertz CT molecular complexity index is 692. The summed E-state index contributed by atoms with van der Waals surface area (Å²) in [5, 5.41) is 0.736. The van der Waals surface area contributed by atoms with Gasteiger partial charge in [-0.1, -0.05) is 39.1 Å². The molecule has 2 rings (SSSR count). The summed E-state index contributed by atoms with van der Waals surface area (Å²) < 4.78 is 32.4. The van der Waals surface area contributed by atoms with Crippen LogP contribution in [0.25, 0.3) is 0 Å². The van der Waals surface area contributed by atoms with Gasteiger partial charge in [-0.05, 0) is 30.2 Å². The molecule has 0 saturated carbocycles. The third kappa shape index (κ3) is 3.33. The van der Waals surface area contributed by atoms with E-state index in [1.165, 1.54) is 13.2 Å². The first kappa shape index (κ1) is 16.5. The van der Waals surface area contributed by atoms with E-state index in [1.54, 1.807) is 19.1 Å². The average molecular weight is 396 g/mol. The van der Waals surface area contributed by atoms with Crippen LogP contribution in [0, 0.1) is 18.6 Å². The van der Waals surface area contributed by atoms with E-state index in [0.29, 0.717) is 26.9 Å². The Morgan fingerprint density at radius 3 is 2.29 bits per heavy atom. The maximum absolute atomic E-state index is 14.0. The second-order valence-corrected chi connectivity index (χ2v) is 6.22. The lowest BCUT2D eigenvalue weighted by molar-refractivity contribution is 0.415. The summed E-state index contributed by atoms with van der Waals surface area (Å²) in [5.74, 6) is -0.807. The molecule has 0 amide bonds. The molecule has 6 heteroatoms. The molecule has 21 heavy (non-hydrogen) atoms. The fourth-order valence-electron chi connectivity index (χ4n) is 1.94. The van der Waals surface area contributed by atoms with Crippen LogP contribution in [-0.2, 0) is 0 Å². The topological polar surface area (TPSA) is 9.23 Å². The Morgan fingerprint density at radius 1 is 1.00 bits per heavy atom. The number of alkyl halides is 1. The third-order valence-electron chi connectivity index (χ3n) is 3.10. The molecule has 112 valence electrons. The number of halogens is 5. The smallest absolute Gasteiger partial charge is 0.138 e. The Labute approximate surface area is 140 Å². The number of methoxy groups -OCH3 is 1. The van der Waals surface area contributed by atoms with E-state index >= 15 is 0 Å². The molecule has 0 spiro atoms. The second kappa shape index (κ2) is 6.51. The van der Waals surface area contributed by atoms with E-state index in [9.17, 15) is 8.78 Å². The quantitative estimate of drug-likeness (QED) is 0.572. The van der Waals surface area contributed by atoms with Gasteiger partial charge in [0.15, 0.2) is 0 Å². The van der Waals surface area contributed by atoms with Crippen LogP contribution >= 0.6 is 39.1 Å². The normalized spacial score (nSPS) is 12.3. The first-order chi connectivity index (χ1) is 9.85. The van der Waals surface area contributed by atoms with Crippen molar-refractivity contribution in [3.05, 3.63) is 62.6 Å². The summed E-state index contributed by atoms with van der Waals surface area (Å²) in [4.78, 5) is -0.548. The van der Waals surface area contributed by atoms with Crippen molar-refractivity contribution in [2.75, 3.05) is 7.11 Å². The van der Waals surface area contributed by atoms with E-state index in [-0.39, 0.29) is 5.56 Å². The molecule has 0 radical (unpaired) electrons. The summed E-state index contributed by atoms with van der Waals surface area (Å²) in [6.45, 7) is 1.57. The van der Waals surface area contributed by atoms with Crippen LogP contribution in [0.4, 0.5) is 8.78 Å². The van der Waals surface area contributed by atoms with Gasteiger partial charge in [0.05, 0.1) is 17.0 Å². The molecule has 2 aromatic carbocycles. The predicted octanol–water partition coefficient (Wildman–Crippen LogP) is 6.07. The van der Waals surface area contributed by atoms with Crippen LogP contribution in [0.1, 0.15) is 21.5 Å². The van der Waals surface area contributed by atoms with Crippen molar-refractivity contribution in [1.29, 1.82) is 0 Å². The first-order valence-corrected chi connectivity index (χ1v) is 7.64. The number of hydrogen-bond donors (Lipinski definition) is 0. The molecule has 2 aromatic rings. The van der Waals surface area contributed by atoms with E-state index in [2.05, 4.69) is 15.9 Å². The highest BCUT2D eigenvalue weighted by Crippen LogP contribution is 2.41. The van der Waals surface area contributed by atoms with Gasteiger partial charge in [-0.15, -0.1) is 0 Å². The van der Waals surface area contributed by atoms with Gasteiger partial charge >= 0.3 is 0 Å². The van der Waals surface area contributed by atoms with Crippen LogP contribution in [0.2, 0.25) is 10.0 Å². The van der Waals surface area contributed by atoms with Crippen molar-refractivity contribution in [3.8, 4) is 5.75 Å². The SMILES string of the molecule is COc1cc(Cl)c(C(Br)c2cc(C)c(F)cc2F)cc1Cl. The van der Waals surface area contributed by atoms with Crippen LogP contribution < -0.4 is 4.74 Å². The third-order valence-corrected chi connectivity index (χ3v) is 4.70. The molecule has 1 atom stereocenters. The number of aryl methyl sites for hydroxylation is 1. The molecular weight excluding hydrogens is 385 g/mol. The zero-order valence-corrected chi connectivity index (χ0v) is 14.3. The maximum Gasteiger partial charge on any atom is 0.138 e. The number of rotatable bonds is 3. The lowest BCUT2D eigenvalue weighted by atomic mass is 10.0. The van der Waals surface area contributed by atoms with Gasteiger partial charge in [-0.3, -0.25) is 0 Å². The van der Waals surface area contributed by atoms with Crippen molar-refractivity contribution in [2.45, 2.75) is 11.8 Å². The highest BCUT2D eigenvalue weighted by molar-refractivity contribution is 9.09. The van der Waals surface area contributed by atoms with Crippen LogP contribution in [0.15, 0.2) is 24.3 Å². The zero-order chi connectivity index (χ0) is 15.7. The fourth-order valence-corrected chi connectivity index (χ4v) is 3.31. The fraction of sp³-hybridized carbons (Fsp3) is 0.200.